The van der Waals surface area contributed by atoms with Crippen LogP contribution in [0.2, 0.25) is 0 Å². The van der Waals surface area contributed by atoms with Crippen LogP contribution in [0.3, 0.4) is 0 Å². The van der Waals surface area contributed by atoms with Gasteiger partial charge in [0, 0.05) is 17.8 Å². The van der Waals surface area contributed by atoms with Crippen LogP contribution in [-0.4, -0.2) is 32.1 Å². The third-order valence-corrected chi connectivity index (χ3v) is 4.40. The Morgan fingerprint density at radius 2 is 1.90 bits per heavy atom. The van der Waals surface area contributed by atoms with Gasteiger partial charge in [0.05, 0.1) is 7.11 Å². The Labute approximate surface area is 178 Å². The standard InChI is InChI=1S/C24H30N2O4/c1-6-7-18-8-11-21(22(13-18)29-5)30-15-23(27)26-20-10-9-19(12-17(20)4)24(28)25-14-16(2)3/h6,8-13,16H,1,7,14-15H2,2-5H3,(H,25,28)(H,26,27). The van der Waals surface area contributed by atoms with E-state index in [0.29, 0.717) is 35.2 Å². The van der Waals surface area contributed by atoms with Gasteiger partial charge in [0.1, 0.15) is 0 Å². The quantitative estimate of drug-likeness (QED) is 0.577. The molecule has 0 fully saturated rings. The molecule has 0 saturated heterocycles. The second kappa shape index (κ2) is 11.0. The molecule has 2 aromatic rings. The number of nitrogens with one attached hydrogen (secondary N) is 2. The van der Waals surface area contributed by atoms with Gasteiger partial charge in [-0.2, -0.15) is 0 Å². The van der Waals surface area contributed by atoms with E-state index in [4.69, 9.17) is 9.47 Å². The molecule has 2 amide bonds. The molecule has 6 heteroatoms. The highest BCUT2D eigenvalue weighted by molar-refractivity contribution is 5.96. The van der Waals surface area contributed by atoms with E-state index in [9.17, 15) is 9.59 Å². The summed E-state index contributed by atoms with van der Waals surface area (Å²) >= 11 is 0. The highest BCUT2D eigenvalue weighted by atomic mass is 16.5. The minimum absolute atomic E-state index is 0.125. The number of carbonyl (C=O) groups excluding carboxylic acids is 2. The van der Waals surface area contributed by atoms with E-state index in [1.807, 2.05) is 39.0 Å². The summed E-state index contributed by atoms with van der Waals surface area (Å²) in [4.78, 5) is 24.5. The zero-order chi connectivity index (χ0) is 22.1. The largest absolute Gasteiger partial charge is 0.493 e. The number of hydrogen-bond donors (Lipinski definition) is 2. The van der Waals surface area contributed by atoms with Crippen molar-refractivity contribution in [3.8, 4) is 11.5 Å². The fourth-order valence-corrected chi connectivity index (χ4v) is 2.80. The highest BCUT2D eigenvalue weighted by Gasteiger charge is 2.12. The van der Waals surface area contributed by atoms with Crippen molar-refractivity contribution >= 4 is 17.5 Å². The van der Waals surface area contributed by atoms with E-state index in [-0.39, 0.29) is 18.4 Å². The van der Waals surface area contributed by atoms with Gasteiger partial charge in [0.25, 0.3) is 11.8 Å². The first-order valence-electron chi connectivity index (χ1n) is 9.93. The van der Waals surface area contributed by atoms with Gasteiger partial charge in [0.2, 0.25) is 0 Å². The molecule has 0 aliphatic carbocycles. The molecule has 30 heavy (non-hydrogen) atoms. The number of hydrogen-bond acceptors (Lipinski definition) is 4. The predicted molar refractivity (Wildman–Crippen MR) is 119 cm³/mol. The monoisotopic (exact) mass is 410 g/mol. The van der Waals surface area contributed by atoms with E-state index in [2.05, 4.69) is 17.2 Å². The average molecular weight is 411 g/mol. The molecule has 0 spiro atoms. The summed E-state index contributed by atoms with van der Waals surface area (Å²) in [5.74, 6) is 1.02. The van der Waals surface area contributed by atoms with Crippen LogP contribution in [-0.2, 0) is 11.2 Å². The molecular formula is C24H30N2O4. The maximum Gasteiger partial charge on any atom is 0.262 e. The molecule has 2 aromatic carbocycles. The van der Waals surface area contributed by atoms with Crippen LogP contribution in [0.5, 0.6) is 11.5 Å². The lowest BCUT2D eigenvalue weighted by atomic mass is 10.1. The maximum absolute atomic E-state index is 12.3. The van der Waals surface area contributed by atoms with Crippen molar-refractivity contribution in [3.63, 3.8) is 0 Å². The lowest BCUT2D eigenvalue weighted by molar-refractivity contribution is -0.118. The van der Waals surface area contributed by atoms with Gasteiger partial charge in [0.15, 0.2) is 18.1 Å². The van der Waals surface area contributed by atoms with Gasteiger partial charge in [-0.25, -0.2) is 0 Å². The maximum atomic E-state index is 12.3. The summed E-state index contributed by atoms with van der Waals surface area (Å²) in [7, 11) is 1.56. The first-order chi connectivity index (χ1) is 14.3. The fourth-order valence-electron chi connectivity index (χ4n) is 2.80. The van der Waals surface area contributed by atoms with E-state index >= 15 is 0 Å². The van der Waals surface area contributed by atoms with Crippen LogP contribution in [0, 0.1) is 12.8 Å². The van der Waals surface area contributed by atoms with Gasteiger partial charge in [-0.15, -0.1) is 6.58 Å². The third kappa shape index (κ3) is 6.65. The second-order valence-corrected chi connectivity index (χ2v) is 7.45. The van der Waals surface area contributed by atoms with Gasteiger partial charge >= 0.3 is 0 Å². The number of anilines is 1. The number of allylic oxidation sites excluding steroid dienone is 1. The molecule has 0 aromatic heterocycles. The Morgan fingerprint density at radius 1 is 1.13 bits per heavy atom. The van der Waals surface area contributed by atoms with Crippen molar-refractivity contribution in [2.75, 3.05) is 25.6 Å². The summed E-state index contributed by atoms with van der Waals surface area (Å²) in [6.45, 7) is 10.1. The molecule has 0 aliphatic rings. The van der Waals surface area contributed by atoms with Gasteiger partial charge in [-0.05, 0) is 60.7 Å². The average Bonchev–Trinajstić information content (AvgIpc) is 2.72. The number of methoxy groups -OCH3 is 1. The minimum Gasteiger partial charge on any atom is -0.493 e. The Hall–Kier alpha value is -3.28. The fraction of sp³-hybridized carbons (Fsp3) is 0.333. The van der Waals surface area contributed by atoms with E-state index in [0.717, 1.165) is 17.5 Å². The van der Waals surface area contributed by atoms with Gasteiger partial charge in [-0.1, -0.05) is 26.0 Å². The Kier molecular flexibility index (Phi) is 8.47. The molecule has 0 atom stereocenters. The predicted octanol–water partition coefficient (Wildman–Crippen LogP) is 4.14. The smallest absolute Gasteiger partial charge is 0.262 e. The number of benzene rings is 2. The molecular weight excluding hydrogens is 380 g/mol. The second-order valence-electron chi connectivity index (χ2n) is 7.45. The molecule has 6 nitrogen and oxygen atoms in total. The molecule has 0 bridgehead atoms. The Balaban J connectivity index is 1.96. The third-order valence-electron chi connectivity index (χ3n) is 4.40. The topological polar surface area (TPSA) is 76.7 Å². The van der Waals surface area contributed by atoms with Crippen LogP contribution < -0.4 is 20.1 Å². The molecule has 0 aliphatic heterocycles. The Morgan fingerprint density at radius 3 is 2.53 bits per heavy atom. The lowest BCUT2D eigenvalue weighted by Gasteiger charge is -2.13. The molecule has 2 N–H and O–H groups in total. The van der Waals surface area contributed by atoms with Crippen molar-refractivity contribution in [1.82, 2.24) is 5.32 Å². The van der Waals surface area contributed by atoms with Crippen molar-refractivity contribution in [2.45, 2.75) is 27.2 Å². The zero-order valence-electron chi connectivity index (χ0n) is 18.1. The molecule has 0 radical (unpaired) electrons. The van der Waals surface area contributed by atoms with Crippen LogP contribution >= 0.6 is 0 Å². The van der Waals surface area contributed by atoms with Gasteiger partial charge < -0.3 is 20.1 Å². The highest BCUT2D eigenvalue weighted by Crippen LogP contribution is 2.28. The number of carbonyl (C=O) groups is 2. The van der Waals surface area contributed by atoms with E-state index < -0.39 is 0 Å². The summed E-state index contributed by atoms with van der Waals surface area (Å²) < 4.78 is 11.0. The first kappa shape index (κ1) is 23.0. The summed E-state index contributed by atoms with van der Waals surface area (Å²) in [6.07, 6.45) is 2.53. The van der Waals surface area contributed by atoms with Crippen LogP contribution in [0.4, 0.5) is 5.69 Å². The van der Waals surface area contributed by atoms with Crippen LogP contribution in [0.15, 0.2) is 49.1 Å². The van der Waals surface area contributed by atoms with Crippen molar-refractivity contribution in [1.29, 1.82) is 0 Å². The molecule has 160 valence electrons. The molecule has 0 saturated carbocycles. The van der Waals surface area contributed by atoms with Crippen molar-refractivity contribution in [2.24, 2.45) is 5.92 Å². The summed E-state index contributed by atoms with van der Waals surface area (Å²) in [5, 5.41) is 5.70. The minimum atomic E-state index is -0.299. The normalized spacial score (nSPS) is 10.4. The van der Waals surface area contributed by atoms with Crippen molar-refractivity contribution in [3.05, 3.63) is 65.7 Å². The Bertz CT molecular complexity index is 906. The SMILES string of the molecule is C=CCc1ccc(OCC(=O)Nc2ccc(C(=O)NCC(C)C)cc2C)c(OC)c1. The summed E-state index contributed by atoms with van der Waals surface area (Å²) in [5.41, 5.74) is 3.04. The van der Waals surface area contributed by atoms with Gasteiger partial charge in [-0.3, -0.25) is 9.59 Å². The number of amides is 2. The number of aryl methyl sites for hydroxylation is 1. The number of ether oxygens (including phenoxy) is 2. The van der Waals surface area contributed by atoms with E-state index in [1.54, 1.807) is 31.4 Å². The summed E-state index contributed by atoms with van der Waals surface area (Å²) in [6, 6.07) is 10.7. The van der Waals surface area contributed by atoms with Crippen LogP contribution in [0.1, 0.15) is 35.3 Å². The lowest BCUT2D eigenvalue weighted by Crippen LogP contribution is -2.27. The van der Waals surface area contributed by atoms with E-state index in [1.165, 1.54) is 0 Å². The molecule has 2 rings (SSSR count). The molecule has 0 unspecified atom stereocenters. The number of rotatable bonds is 10. The molecule has 0 heterocycles. The van der Waals surface area contributed by atoms with Crippen LogP contribution in [0.25, 0.3) is 0 Å². The first-order valence-corrected chi connectivity index (χ1v) is 9.93. The van der Waals surface area contributed by atoms with Crippen molar-refractivity contribution < 1.29 is 19.1 Å². The zero-order valence-corrected chi connectivity index (χ0v) is 18.1.